The molecule has 0 spiro atoms. The molecule has 1 aliphatic carbocycles. The smallest absolute Gasteiger partial charge is 0.243 e. The van der Waals surface area contributed by atoms with Crippen molar-refractivity contribution in [1.82, 2.24) is 4.31 Å². The van der Waals surface area contributed by atoms with Gasteiger partial charge in [-0.05, 0) is 65.7 Å². The van der Waals surface area contributed by atoms with Crippen LogP contribution in [0.1, 0.15) is 38.5 Å². The highest BCUT2D eigenvalue weighted by Crippen LogP contribution is 2.38. The molecular formula is C15H21BrN2O2S. The molecule has 1 aromatic carbocycles. The fraction of sp³-hybridized carbons (Fsp3) is 0.600. The number of anilines is 1. The molecule has 116 valence electrons. The molecule has 2 fully saturated rings. The van der Waals surface area contributed by atoms with Crippen LogP contribution in [0.5, 0.6) is 0 Å². The Labute approximate surface area is 134 Å². The van der Waals surface area contributed by atoms with E-state index in [-0.39, 0.29) is 6.04 Å². The van der Waals surface area contributed by atoms with Crippen LogP contribution < -0.4 is 5.73 Å². The Balaban J connectivity index is 1.94. The van der Waals surface area contributed by atoms with Crippen molar-refractivity contribution in [2.45, 2.75) is 49.5 Å². The third kappa shape index (κ3) is 2.85. The summed E-state index contributed by atoms with van der Waals surface area (Å²) in [6.45, 7) is 0.638. The maximum atomic E-state index is 13.0. The molecule has 0 bridgehead atoms. The van der Waals surface area contributed by atoms with E-state index in [9.17, 15) is 8.42 Å². The molecule has 4 nitrogen and oxygen atoms in total. The molecular weight excluding hydrogens is 352 g/mol. The van der Waals surface area contributed by atoms with E-state index in [1.807, 2.05) is 0 Å². The van der Waals surface area contributed by atoms with Crippen molar-refractivity contribution in [3.63, 3.8) is 0 Å². The van der Waals surface area contributed by atoms with Crippen molar-refractivity contribution < 1.29 is 8.42 Å². The maximum Gasteiger partial charge on any atom is 0.243 e. The van der Waals surface area contributed by atoms with Crippen molar-refractivity contribution in [2.75, 3.05) is 12.3 Å². The summed E-state index contributed by atoms with van der Waals surface area (Å²) in [5.41, 5.74) is 6.31. The Morgan fingerprint density at radius 3 is 2.62 bits per heavy atom. The number of hydrogen-bond donors (Lipinski definition) is 1. The quantitative estimate of drug-likeness (QED) is 0.809. The van der Waals surface area contributed by atoms with Crippen LogP contribution >= 0.6 is 15.9 Å². The lowest BCUT2D eigenvalue weighted by Crippen LogP contribution is -2.49. The zero-order chi connectivity index (χ0) is 15.0. The van der Waals surface area contributed by atoms with Crippen LogP contribution in [0.25, 0.3) is 0 Å². The summed E-state index contributed by atoms with van der Waals surface area (Å²) in [4.78, 5) is 0.314. The summed E-state index contributed by atoms with van der Waals surface area (Å²) >= 11 is 3.31. The fourth-order valence-corrected chi connectivity index (χ4v) is 5.73. The first-order valence-electron chi connectivity index (χ1n) is 7.57. The lowest BCUT2D eigenvalue weighted by Gasteiger charge is -2.43. The Hall–Kier alpha value is -0.590. The molecule has 2 atom stereocenters. The Bertz CT molecular complexity index is 631. The van der Waals surface area contributed by atoms with Gasteiger partial charge in [0.15, 0.2) is 0 Å². The number of fused-ring (bicyclic) bond motifs is 1. The molecule has 0 radical (unpaired) electrons. The minimum atomic E-state index is -3.44. The molecule has 1 aliphatic heterocycles. The van der Waals surface area contributed by atoms with E-state index in [1.54, 1.807) is 22.5 Å². The van der Waals surface area contributed by atoms with Gasteiger partial charge < -0.3 is 5.73 Å². The molecule has 0 amide bonds. The number of nitrogens with two attached hydrogens (primary N) is 1. The van der Waals surface area contributed by atoms with Gasteiger partial charge in [0.1, 0.15) is 0 Å². The van der Waals surface area contributed by atoms with Gasteiger partial charge in [0.25, 0.3) is 0 Å². The molecule has 6 heteroatoms. The van der Waals surface area contributed by atoms with Gasteiger partial charge in [-0.2, -0.15) is 4.31 Å². The molecule has 21 heavy (non-hydrogen) atoms. The van der Waals surface area contributed by atoms with Gasteiger partial charge in [0, 0.05) is 22.7 Å². The summed E-state index contributed by atoms with van der Waals surface area (Å²) in [6.07, 6.45) is 6.66. The number of benzene rings is 1. The van der Waals surface area contributed by atoms with E-state index in [0.717, 1.165) is 23.7 Å². The average molecular weight is 373 g/mol. The van der Waals surface area contributed by atoms with E-state index in [2.05, 4.69) is 15.9 Å². The number of nitrogens with zero attached hydrogens (tertiary/aromatic N) is 1. The van der Waals surface area contributed by atoms with Crippen LogP contribution in [0.2, 0.25) is 0 Å². The fourth-order valence-electron chi connectivity index (χ4n) is 3.70. The van der Waals surface area contributed by atoms with Gasteiger partial charge in [-0.3, -0.25) is 0 Å². The predicted molar refractivity (Wildman–Crippen MR) is 87.4 cm³/mol. The van der Waals surface area contributed by atoms with Crippen molar-refractivity contribution in [2.24, 2.45) is 5.92 Å². The van der Waals surface area contributed by atoms with Crippen LogP contribution in [-0.2, 0) is 10.0 Å². The van der Waals surface area contributed by atoms with Crippen molar-refractivity contribution >= 4 is 31.6 Å². The number of sulfonamides is 1. The summed E-state index contributed by atoms with van der Waals surface area (Å²) < 4.78 is 28.4. The molecule has 1 heterocycles. The monoisotopic (exact) mass is 372 g/mol. The SMILES string of the molecule is Nc1cc(S(=O)(=O)N2CCC[C@H]3CCCC[C@H]32)ccc1Br. The minimum Gasteiger partial charge on any atom is -0.398 e. The molecule has 1 saturated carbocycles. The van der Waals surface area contributed by atoms with Gasteiger partial charge >= 0.3 is 0 Å². The maximum absolute atomic E-state index is 13.0. The van der Waals surface area contributed by atoms with Crippen LogP contribution in [0.15, 0.2) is 27.6 Å². The van der Waals surface area contributed by atoms with E-state index < -0.39 is 10.0 Å². The molecule has 3 rings (SSSR count). The average Bonchev–Trinajstić information content (AvgIpc) is 2.49. The Morgan fingerprint density at radius 1 is 1.14 bits per heavy atom. The summed E-state index contributed by atoms with van der Waals surface area (Å²) in [6, 6.07) is 5.10. The Morgan fingerprint density at radius 2 is 1.86 bits per heavy atom. The molecule has 1 saturated heterocycles. The number of nitrogen functional groups attached to an aromatic ring is 1. The number of halogens is 1. The van der Waals surface area contributed by atoms with Crippen molar-refractivity contribution in [3.05, 3.63) is 22.7 Å². The van der Waals surface area contributed by atoms with Gasteiger partial charge in [0.05, 0.1) is 4.90 Å². The second kappa shape index (κ2) is 5.89. The topological polar surface area (TPSA) is 63.4 Å². The molecule has 2 aliphatic rings. The third-order valence-corrected chi connectivity index (χ3v) is 7.41. The lowest BCUT2D eigenvalue weighted by molar-refractivity contribution is 0.129. The van der Waals surface area contributed by atoms with E-state index >= 15 is 0 Å². The minimum absolute atomic E-state index is 0.183. The largest absolute Gasteiger partial charge is 0.398 e. The second-order valence-electron chi connectivity index (χ2n) is 6.05. The Kier molecular flexibility index (Phi) is 4.30. The van der Waals surface area contributed by atoms with Gasteiger partial charge in [-0.25, -0.2) is 8.42 Å². The van der Waals surface area contributed by atoms with Crippen LogP contribution in [0.4, 0.5) is 5.69 Å². The molecule has 1 aromatic rings. The van der Waals surface area contributed by atoms with E-state index in [4.69, 9.17) is 5.73 Å². The second-order valence-corrected chi connectivity index (χ2v) is 8.80. The number of rotatable bonds is 2. The summed E-state index contributed by atoms with van der Waals surface area (Å²) in [5.74, 6) is 0.537. The zero-order valence-corrected chi connectivity index (χ0v) is 14.4. The number of piperidine rings is 1. The van der Waals surface area contributed by atoms with Crippen LogP contribution in [0, 0.1) is 5.92 Å². The van der Waals surface area contributed by atoms with Gasteiger partial charge in [0.2, 0.25) is 10.0 Å². The molecule has 0 aromatic heterocycles. The van der Waals surface area contributed by atoms with Crippen molar-refractivity contribution in [1.29, 1.82) is 0 Å². The van der Waals surface area contributed by atoms with E-state index in [1.165, 1.54) is 19.3 Å². The standard InChI is InChI=1S/C15H21BrN2O2S/c16-13-8-7-12(10-14(13)17)21(19,20)18-9-3-5-11-4-1-2-6-15(11)18/h7-8,10-11,15H,1-6,9,17H2/t11-,15-/m1/s1. The van der Waals surface area contributed by atoms with Crippen molar-refractivity contribution in [3.8, 4) is 0 Å². The molecule has 0 unspecified atom stereocenters. The van der Waals surface area contributed by atoms with Crippen LogP contribution in [0.3, 0.4) is 0 Å². The highest BCUT2D eigenvalue weighted by Gasteiger charge is 2.39. The third-order valence-electron chi connectivity index (χ3n) is 4.77. The summed E-state index contributed by atoms with van der Waals surface area (Å²) in [5, 5.41) is 0. The van der Waals surface area contributed by atoms with Gasteiger partial charge in [-0.15, -0.1) is 0 Å². The highest BCUT2D eigenvalue weighted by molar-refractivity contribution is 9.10. The first-order valence-corrected chi connectivity index (χ1v) is 9.80. The highest BCUT2D eigenvalue weighted by atomic mass is 79.9. The molecule has 2 N–H and O–H groups in total. The first-order chi connectivity index (χ1) is 10.00. The first kappa shape index (κ1) is 15.3. The predicted octanol–water partition coefficient (Wildman–Crippen LogP) is 3.37. The summed E-state index contributed by atoms with van der Waals surface area (Å²) in [7, 11) is -3.44. The zero-order valence-electron chi connectivity index (χ0n) is 12.0. The van der Waals surface area contributed by atoms with Crippen LogP contribution in [-0.4, -0.2) is 25.3 Å². The van der Waals surface area contributed by atoms with Gasteiger partial charge in [-0.1, -0.05) is 12.8 Å². The number of hydrogen-bond acceptors (Lipinski definition) is 3. The van der Waals surface area contributed by atoms with E-state index in [0.29, 0.717) is 23.0 Å². The lowest BCUT2D eigenvalue weighted by atomic mass is 9.79. The normalized spacial score (nSPS) is 27.3.